The lowest BCUT2D eigenvalue weighted by Crippen LogP contribution is -2.54. The maximum Gasteiger partial charge on any atom is 0.325 e. The number of hydrogen-bond donors (Lipinski definition) is 1. The van der Waals surface area contributed by atoms with Gasteiger partial charge in [-0.3, -0.25) is 14.5 Å². The van der Waals surface area contributed by atoms with Gasteiger partial charge in [-0.25, -0.2) is 4.79 Å². The largest absolute Gasteiger partial charge is 0.325 e. The molecule has 4 amide bonds. The topological polar surface area (TPSA) is 69.7 Å². The molecule has 26 heavy (non-hydrogen) atoms. The van der Waals surface area contributed by atoms with Gasteiger partial charge in [-0.1, -0.05) is 25.8 Å². The van der Waals surface area contributed by atoms with Crippen molar-refractivity contribution in [2.45, 2.75) is 82.7 Å². The summed E-state index contributed by atoms with van der Waals surface area (Å²) in [5.41, 5.74) is 0.306. The number of nitrogens with zero attached hydrogens (tertiary/aromatic N) is 2. The van der Waals surface area contributed by atoms with Gasteiger partial charge >= 0.3 is 6.03 Å². The molecule has 2 atom stereocenters. The number of carbonyl (C=O) groups excluding carboxylic acids is 3. The molecule has 3 aliphatic carbocycles. The quantitative estimate of drug-likeness (QED) is 0.785. The van der Waals surface area contributed by atoms with Crippen LogP contribution in [0.4, 0.5) is 4.79 Å². The van der Waals surface area contributed by atoms with E-state index in [1.54, 1.807) is 0 Å². The van der Waals surface area contributed by atoms with Crippen LogP contribution in [0.2, 0.25) is 0 Å². The second kappa shape index (κ2) is 6.71. The second-order valence-corrected chi connectivity index (χ2v) is 8.38. The SMILES string of the molecule is C[C@H]1CCCC[C@@]12NC(=O)N(CC(=O)N(C1=CCCCC1)C1CC1)C2=O. The highest BCUT2D eigenvalue weighted by atomic mass is 16.2. The summed E-state index contributed by atoms with van der Waals surface area (Å²) in [6.07, 6.45) is 12.1. The molecule has 1 aliphatic heterocycles. The first kappa shape index (κ1) is 17.6. The van der Waals surface area contributed by atoms with Gasteiger partial charge in [0.05, 0.1) is 0 Å². The third kappa shape index (κ3) is 2.93. The second-order valence-electron chi connectivity index (χ2n) is 8.38. The number of hydrogen-bond acceptors (Lipinski definition) is 3. The van der Waals surface area contributed by atoms with E-state index in [1.165, 1.54) is 11.3 Å². The normalized spacial score (nSPS) is 31.8. The van der Waals surface area contributed by atoms with E-state index in [0.717, 1.165) is 57.1 Å². The van der Waals surface area contributed by atoms with E-state index in [-0.39, 0.29) is 30.3 Å². The zero-order valence-corrected chi connectivity index (χ0v) is 15.6. The van der Waals surface area contributed by atoms with E-state index in [4.69, 9.17) is 0 Å². The van der Waals surface area contributed by atoms with Crippen molar-refractivity contribution in [1.29, 1.82) is 0 Å². The maximum atomic E-state index is 13.1. The first-order valence-electron chi connectivity index (χ1n) is 10.2. The van der Waals surface area contributed by atoms with Gasteiger partial charge in [0.1, 0.15) is 12.1 Å². The van der Waals surface area contributed by atoms with Crippen LogP contribution in [0.25, 0.3) is 0 Å². The molecule has 142 valence electrons. The average Bonchev–Trinajstić information content (AvgIpc) is 3.43. The number of allylic oxidation sites excluding steroid dienone is 2. The van der Waals surface area contributed by atoms with Crippen LogP contribution in [-0.2, 0) is 9.59 Å². The molecule has 1 spiro atoms. The molecule has 0 aromatic heterocycles. The van der Waals surface area contributed by atoms with Crippen molar-refractivity contribution < 1.29 is 14.4 Å². The van der Waals surface area contributed by atoms with Gasteiger partial charge in [-0.15, -0.1) is 0 Å². The average molecular weight is 359 g/mol. The maximum absolute atomic E-state index is 13.1. The molecular weight excluding hydrogens is 330 g/mol. The number of carbonyl (C=O) groups is 3. The minimum Gasteiger partial charge on any atom is -0.323 e. The fourth-order valence-corrected chi connectivity index (χ4v) is 4.82. The fourth-order valence-electron chi connectivity index (χ4n) is 4.82. The zero-order chi connectivity index (χ0) is 18.3. The van der Waals surface area contributed by atoms with E-state index in [9.17, 15) is 14.4 Å². The number of amides is 4. The number of imide groups is 1. The van der Waals surface area contributed by atoms with Crippen molar-refractivity contribution in [3.8, 4) is 0 Å². The molecule has 0 aromatic carbocycles. The van der Waals surface area contributed by atoms with Crippen LogP contribution in [0.5, 0.6) is 0 Å². The smallest absolute Gasteiger partial charge is 0.323 e. The fraction of sp³-hybridized carbons (Fsp3) is 0.750. The molecule has 6 heteroatoms. The molecule has 0 bridgehead atoms. The van der Waals surface area contributed by atoms with Crippen molar-refractivity contribution in [2.75, 3.05) is 6.54 Å². The third-order valence-electron chi connectivity index (χ3n) is 6.55. The number of rotatable bonds is 4. The highest BCUT2D eigenvalue weighted by Gasteiger charge is 2.55. The Morgan fingerprint density at radius 2 is 2.04 bits per heavy atom. The minimum atomic E-state index is -0.788. The standard InChI is InChI=1S/C20H29N3O3/c1-14-7-5-6-12-20(14)18(25)22(19(26)21-20)13-17(24)23(16-10-11-16)15-8-3-2-4-9-15/h8,14,16H,2-7,9-13H2,1H3,(H,21,26)/t14-,20+/m0/s1. The molecule has 0 unspecified atom stereocenters. The van der Waals surface area contributed by atoms with Crippen molar-refractivity contribution >= 4 is 17.8 Å². The molecule has 1 saturated heterocycles. The summed E-state index contributed by atoms with van der Waals surface area (Å²) in [7, 11) is 0. The summed E-state index contributed by atoms with van der Waals surface area (Å²) in [6.45, 7) is 1.90. The summed E-state index contributed by atoms with van der Waals surface area (Å²) >= 11 is 0. The molecule has 0 radical (unpaired) electrons. The predicted octanol–water partition coefficient (Wildman–Crippen LogP) is 2.94. The van der Waals surface area contributed by atoms with Crippen LogP contribution in [0, 0.1) is 5.92 Å². The Morgan fingerprint density at radius 3 is 2.69 bits per heavy atom. The minimum absolute atomic E-state index is 0.107. The lowest BCUT2D eigenvalue weighted by Gasteiger charge is -2.37. The molecule has 4 rings (SSSR count). The summed E-state index contributed by atoms with van der Waals surface area (Å²) < 4.78 is 0. The van der Waals surface area contributed by atoms with Gasteiger partial charge in [0, 0.05) is 11.7 Å². The van der Waals surface area contributed by atoms with Crippen molar-refractivity contribution in [3.05, 3.63) is 11.8 Å². The Kier molecular flexibility index (Phi) is 4.53. The van der Waals surface area contributed by atoms with E-state index < -0.39 is 11.6 Å². The first-order valence-corrected chi connectivity index (χ1v) is 10.2. The van der Waals surface area contributed by atoms with Gasteiger partial charge in [0.25, 0.3) is 5.91 Å². The van der Waals surface area contributed by atoms with Crippen molar-refractivity contribution in [2.24, 2.45) is 5.92 Å². The Bertz CT molecular complexity index is 655. The molecule has 0 aromatic rings. The van der Waals surface area contributed by atoms with Crippen LogP contribution in [-0.4, -0.2) is 45.8 Å². The first-order chi connectivity index (χ1) is 12.5. The van der Waals surface area contributed by atoms with Gasteiger partial charge in [-0.2, -0.15) is 0 Å². The third-order valence-corrected chi connectivity index (χ3v) is 6.55. The molecule has 1 heterocycles. The van der Waals surface area contributed by atoms with Crippen LogP contribution < -0.4 is 5.32 Å². The predicted molar refractivity (Wildman–Crippen MR) is 97.0 cm³/mol. The summed E-state index contributed by atoms with van der Waals surface area (Å²) in [6, 6.07) is -0.138. The van der Waals surface area contributed by atoms with Crippen LogP contribution >= 0.6 is 0 Å². The Morgan fingerprint density at radius 1 is 1.23 bits per heavy atom. The molecule has 3 fully saturated rings. The lowest BCUT2D eigenvalue weighted by molar-refractivity contribution is -0.140. The molecule has 2 saturated carbocycles. The molecule has 6 nitrogen and oxygen atoms in total. The van der Waals surface area contributed by atoms with Crippen molar-refractivity contribution in [3.63, 3.8) is 0 Å². The number of nitrogens with one attached hydrogen (secondary N) is 1. The molecule has 4 aliphatic rings. The zero-order valence-electron chi connectivity index (χ0n) is 15.6. The summed E-state index contributed by atoms with van der Waals surface area (Å²) in [5, 5.41) is 2.94. The monoisotopic (exact) mass is 359 g/mol. The number of urea groups is 1. The van der Waals surface area contributed by atoms with E-state index >= 15 is 0 Å². The van der Waals surface area contributed by atoms with Gasteiger partial charge in [0.2, 0.25) is 5.91 Å². The molecular formula is C20H29N3O3. The van der Waals surface area contributed by atoms with E-state index in [1.807, 2.05) is 11.8 Å². The summed E-state index contributed by atoms with van der Waals surface area (Å²) in [5.74, 6) is -0.186. The lowest BCUT2D eigenvalue weighted by atomic mass is 9.73. The van der Waals surface area contributed by atoms with Crippen LogP contribution in [0.3, 0.4) is 0 Å². The highest BCUT2D eigenvalue weighted by molar-refractivity contribution is 6.09. The Hall–Kier alpha value is -1.85. The van der Waals surface area contributed by atoms with Gasteiger partial charge in [0.15, 0.2) is 0 Å². The van der Waals surface area contributed by atoms with Gasteiger partial charge < -0.3 is 10.2 Å². The molecule has 1 N–H and O–H groups in total. The van der Waals surface area contributed by atoms with Crippen LogP contribution in [0.15, 0.2) is 11.8 Å². The Labute approximate surface area is 155 Å². The highest BCUT2D eigenvalue weighted by Crippen LogP contribution is 2.39. The van der Waals surface area contributed by atoms with Gasteiger partial charge in [-0.05, 0) is 57.3 Å². The van der Waals surface area contributed by atoms with Crippen molar-refractivity contribution in [1.82, 2.24) is 15.1 Å². The Balaban J connectivity index is 1.50. The van der Waals surface area contributed by atoms with E-state index in [2.05, 4.69) is 11.4 Å². The summed E-state index contributed by atoms with van der Waals surface area (Å²) in [4.78, 5) is 41.7. The van der Waals surface area contributed by atoms with Crippen LogP contribution in [0.1, 0.15) is 71.1 Å². The van der Waals surface area contributed by atoms with E-state index in [0.29, 0.717) is 6.42 Å².